The first-order valence-electron chi connectivity index (χ1n) is 12.2. The van der Waals surface area contributed by atoms with Crippen LogP contribution < -0.4 is 10.3 Å². The molecule has 4 rings (SSSR count). The fourth-order valence-corrected chi connectivity index (χ4v) is 4.47. The predicted octanol–water partition coefficient (Wildman–Crippen LogP) is 0.864. The summed E-state index contributed by atoms with van der Waals surface area (Å²) in [6.07, 6.45) is 0.646. The zero-order valence-corrected chi connectivity index (χ0v) is 23.3. The molecule has 4 heterocycles. The van der Waals surface area contributed by atoms with Crippen molar-refractivity contribution in [2.24, 2.45) is 0 Å². The fraction of sp³-hybridized carbons (Fsp3) is 0.481. The number of rotatable bonds is 6. The van der Waals surface area contributed by atoms with Gasteiger partial charge in [0.1, 0.15) is 12.2 Å². The van der Waals surface area contributed by atoms with Gasteiger partial charge in [-0.1, -0.05) is 0 Å². The van der Waals surface area contributed by atoms with E-state index in [1.54, 1.807) is 13.8 Å². The molecule has 216 valence electrons. The van der Waals surface area contributed by atoms with Gasteiger partial charge in [0.15, 0.2) is 23.4 Å². The van der Waals surface area contributed by atoms with Crippen LogP contribution in [0.15, 0.2) is 16.9 Å². The molecule has 2 N–H and O–H groups in total. The molecule has 0 spiro atoms. The molecule has 13 nitrogen and oxygen atoms in total. The second-order valence-electron chi connectivity index (χ2n) is 10.1. The predicted molar refractivity (Wildman–Crippen MR) is 137 cm³/mol. The van der Waals surface area contributed by atoms with E-state index in [4.69, 9.17) is 14.2 Å². The van der Waals surface area contributed by atoms with Crippen LogP contribution in [0, 0.1) is 0 Å². The average Bonchev–Trinajstić information content (AvgIpc) is 3.31. The van der Waals surface area contributed by atoms with Gasteiger partial charge in [-0.3, -0.25) is 14.4 Å². The largest absolute Gasteiger partial charge is 0.481 e. The summed E-state index contributed by atoms with van der Waals surface area (Å²) in [5.74, 6) is -1.58. The van der Waals surface area contributed by atoms with E-state index >= 15 is 0 Å². The lowest BCUT2D eigenvalue weighted by molar-refractivity contribution is -0.169. The van der Waals surface area contributed by atoms with Crippen LogP contribution in [0.25, 0.3) is 0 Å². The van der Waals surface area contributed by atoms with Gasteiger partial charge in [-0.25, -0.2) is 14.6 Å². The number of pyridine rings is 2. The Kier molecular flexibility index (Phi) is 8.35. The summed E-state index contributed by atoms with van der Waals surface area (Å²) < 4.78 is 21.4. The van der Waals surface area contributed by atoms with Crippen molar-refractivity contribution in [1.82, 2.24) is 9.55 Å². The molecule has 0 fully saturated rings. The molecule has 0 aliphatic carbocycles. The Morgan fingerprint density at radius 1 is 1.18 bits per heavy atom. The highest BCUT2D eigenvalue weighted by Crippen LogP contribution is 2.39. The Bertz CT molecular complexity index is 1440. The fourth-order valence-electron chi connectivity index (χ4n) is 4.47. The van der Waals surface area contributed by atoms with Crippen LogP contribution in [0.5, 0.6) is 5.88 Å². The molecule has 0 aromatic carbocycles. The Hall–Kier alpha value is -3.94. The summed E-state index contributed by atoms with van der Waals surface area (Å²) in [6.45, 7) is 6.23. The normalized spacial score (nSPS) is 19.3. The molecule has 0 amide bonds. The first-order chi connectivity index (χ1) is 18.6. The van der Waals surface area contributed by atoms with Crippen molar-refractivity contribution in [1.29, 1.82) is 0 Å². The molecule has 2 aromatic rings. The molecule has 2 aromatic heterocycles. The third-order valence-corrected chi connectivity index (χ3v) is 6.98. The van der Waals surface area contributed by atoms with Gasteiger partial charge >= 0.3 is 11.9 Å². The summed E-state index contributed by atoms with van der Waals surface area (Å²) in [4.78, 5) is 62.4. The number of hydrogen-bond acceptors (Lipinski definition) is 12. The minimum atomic E-state index is -1.87. The number of fused-ring (bicyclic) bond motifs is 2. The quantitative estimate of drug-likeness (QED) is 0.376. The van der Waals surface area contributed by atoms with Crippen LogP contribution in [-0.2, 0) is 53.8 Å². The number of carbonyl (C=O) groups is 4. The first-order valence-corrected chi connectivity index (χ1v) is 12.2. The van der Waals surface area contributed by atoms with E-state index in [0.29, 0.717) is 18.4 Å². The standard InChI is InChI=1S/C15H21NO6.C12H11NO5/c1-14(2,22-6)11-9(15(3,19)8-17)7-10(13(18)21-5)16-12(11)20-4;1-12(17)7-4-8-9(14)2-3-13(8)10(15)6(7)5-18-11(12)16/h7-8,19H,1-6H3;4,17H,2-3,5H2,1H3. The summed E-state index contributed by atoms with van der Waals surface area (Å²) in [5.41, 5.74) is -3.82. The number of carbonyl (C=O) groups excluding carboxylic acids is 4. The zero-order valence-electron chi connectivity index (χ0n) is 23.3. The number of aromatic nitrogens is 2. The van der Waals surface area contributed by atoms with Gasteiger partial charge in [0.25, 0.3) is 5.56 Å². The van der Waals surface area contributed by atoms with Crippen molar-refractivity contribution < 1.29 is 48.3 Å². The number of methoxy groups -OCH3 is 3. The van der Waals surface area contributed by atoms with E-state index < -0.39 is 28.7 Å². The van der Waals surface area contributed by atoms with Crippen molar-refractivity contribution >= 4 is 24.0 Å². The number of nitrogens with zero attached hydrogens (tertiary/aromatic N) is 2. The lowest BCUT2D eigenvalue weighted by Gasteiger charge is -2.31. The van der Waals surface area contributed by atoms with Crippen molar-refractivity contribution in [3.8, 4) is 5.88 Å². The van der Waals surface area contributed by atoms with E-state index in [1.165, 1.54) is 51.9 Å². The Labute approximate surface area is 229 Å². The van der Waals surface area contributed by atoms with Crippen LogP contribution >= 0.6 is 0 Å². The molecular weight excluding hydrogens is 528 g/mol. The number of ketones is 1. The summed E-state index contributed by atoms with van der Waals surface area (Å²) >= 11 is 0. The topological polar surface area (TPSA) is 181 Å². The monoisotopic (exact) mass is 560 g/mol. The summed E-state index contributed by atoms with van der Waals surface area (Å²) in [6, 6.07) is 2.74. The molecule has 2 atom stereocenters. The zero-order chi connectivity index (χ0) is 30.2. The number of esters is 2. The number of cyclic esters (lactones) is 1. The van der Waals surface area contributed by atoms with E-state index in [2.05, 4.69) is 9.72 Å². The number of aldehydes is 1. The SMILES string of the molecule is CC1(O)C(=O)OCc2c1cc1n(c2=O)CCC1=O.COC(=O)c1cc(C(C)(O)C=O)c(C(C)(C)OC)c(OC)n1. The maximum atomic E-state index is 12.2. The van der Waals surface area contributed by atoms with Gasteiger partial charge in [0.2, 0.25) is 5.88 Å². The molecule has 0 radical (unpaired) electrons. The van der Waals surface area contributed by atoms with Gasteiger partial charge in [-0.05, 0) is 39.8 Å². The third-order valence-electron chi connectivity index (χ3n) is 6.98. The molecule has 2 aliphatic heterocycles. The molecule has 13 heteroatoms. The Morgan fingerprint density at radius 2 is 1.82 bits per heavy atom. The lowest BCUT2D eigenvalue weighted by Crippen LogP contribution is -2.42. The van der Waals surface area contributed by atoms with Gasteiger partial charge in [0, 0.05) is 31.2 Å². The van der Waals surface area contributed by atoms with Gasteiger partial charge < -0.3 is 33.7 Å². The van der Waals surface area contributed by atoms with Gasteiger partial charge in [-0.15, -0.1) is 0 Å². The number of Topliss-reactive ketones (excluding diaryl/α,β-unsaturated/α-hetero) is 1. The second kappa shape index (κ2) is 10.9. The third kappa shape index (κ3) is 5.27. The van der Waals surface area contributed by atoms with E-state index in [1.807, 2.05) is 0 Å². The van der Waals surface area contributed by atoms with Crippen LogP contribution in [-0.4, -0.2) is 65.1 Å². The van der Waals surface area contributed by atoms with Crippen molar-refractivity contribution in [3.05, 3.63) is 56.1 Å². The highest BCUT2D eigenvalue weighted by atomic mass is 16.6. The van der Waals surface area contributed by atoms with E-state index in [9.17, 15) is 34.2 Å². The maximum Gasteiger partial charge on any atom is 0.356 e. The molecule has 2 unspecified atom stereocenters. The molecule has 2 aliphatic rings. The van der Waals surface area contributed by atoms with Crippen molar-refractivity contribution in [2.45, 2.75) is 64.1 Å². The summed E-state index contributed by atoms with van der Waals surface area (Å²) in [7, 11) is 4.06. The second-order valence-corrected chi connectivity index (χ2v) is 10.1. The van der Waals surface area contributed by atoms with Crippen LogP contribution in [0.3, 0.4) is 0 Å². The maximum absolute atomic E-state index is 12.2. The number of ether oxygens (including phenoxy) is 4. The highest BCUT2D eigenvalue weighted by Gasteiger charge is 2.43. The van der Waals surface area contributed by atoms with Gasteiger partial charge in [0.05, 0.1) is 36.6 Å². The molecule has 0 saturated carbocycles. The molecular formula is C27H32N2O11. The highest BCUT2D eigenvalue weighted by molar-refractivity contribution is 5.97. The van der Waals surface area contributed by atoms with Crippen molar-refractivity contribution in [3.63, 3.8) is 0 Å². The van der Waals surface area contributed by atoms with Crippen LogP contribution in [0.2, 0.25) is 0 Å². The number of aliphatic hydroxyl groups is 2. The first kappa shape index (κ1) is 30.6. The molecule has 40 heavy (non-hydrogen) atoms. The van der Waals surface area contributed by atoms with Crippen LogP contribution in [0.4, 0.5) is 0 Å². The minimum absolute atomic E-state index is 0.0758. The van der Waals surface area contributed by atoms with Crippen LogP contribution in [0.1, 0.15) is 77.3 Å². The Morgan fingerprint density at radius 3 is 2.38 bits per heavy atom. The molecule has 0 bridgehead atoms. The lowest BCUT2D eigenvalue weighted by atomic mass is 9.85. The smallest absolute Gasteiger partial charge is 0.356 e. The number of hydrogen-bond donors (Lipinski definition) is 2. The Balaban J connectivity index is 0.000000224. The van der Waals surface area contributed by atoms with E-state index in [-0.39, 0.29) is 58.3 Å². The van der Waals surface area contributed by atoms with E-state index in [0.717, 1.165) is 0 Å². The average molecular weight is 561 g/mol. The van der Waals surface area contributed by atoms with Gasteiger partial charge in [-0.2, -0.15) is 0 Å². The summed E-state index contributed by atoms with van der Waals surface area (Å²) in [5, 5.41) is 20.5. The molecule has 0 saturated heterocycles. The van der Waals surface area contributed by atoms with Crippen molar-refractivity contribution in [2.75, 3.05) is 21.3 Å². The minimum Gasteiger partial charge on any atom is -0.481 e.